The highest BCUT2D eigenvalue weighted by atomic mass is 32.2. The molecule has 9 heteroatoms. The number of anilines is 1. The Hall–Kier alpha value is -2.55. The predicted molar refractivity (Wildman–Crippen MR) is 83.4 cm³/mol. The molecule has 124 valence electrons. The number of carbonyl (C=O) groups is 1. The molecule has 0 unspecified atom stereocenters. The molecule has 0 aliphatic rings. The van der Waals surface area contributed by atoms with Crippen molar-refractivity contribution in [3.8, 4) is 5.75 Å². The number of rotatable bonds is 5. The molecule has 1 heterocycles. The zero-order valence-corrected chi connectivity index (χ0v) is 13.9. The Labute approximate surface area is 133 Å². The quantitative estimate of drug-likeness (QED) is 0.855. The summed E-state index contributed by atoms with van der Waals surface area (Å²) in [5.74, 6) is -1.17. The predicted octanol–water partition coefficient (Wildman–Crippen LogP) is 1.54. The molecule has 0 saturated carbocycles. The summed E-state index contributed by atoms with van der Waals surface area (Å²) in [7, 11) is -1.02. The van der Waals surface area contributed by atoms with Crippen molar-refractivity contribution in [3.63, 3.8) is 0 Å². The maximum Gasteiger partial charge on any atom is 0.335 e. The van der Waals surface area contributed by atoms with Crippen molar-refractivity contribution in [2.75, 3.05) is 11.8 Å². The van der Waals surface area contributed by atoms with Crippen molar-refractivity contribution < 1.29 is 23.1 Å². The van der Waals surface area contributed by atoms with Gasteiger partial charge in [0.1, 0.15) is 10.6 Å². The van der Waals surface area contributed by atoms with Gasteiger partial charge in [0.15, 0.2) is 0 Å². The van der Waals surface area contributed by atoms with Crippen LogP contribution >= 0.6 is 0 Å². The van der Waals surface area contributed by atoms with E-state index in [1.54, 1.807) is 25.6 Å². The number of methoxy groups -OCH3 is 1. The number of sulfonamides is 1. The third kappa shape index (κ3) is 3.14. The van der Waals surface area contributed by atoms with E-state index in [0.29, 0.717) is 17.1 Å². The van der Waals surface area contributed by atoms with Gasteiger partial charge in [-0.2, -0.15) is 5.10 Å². The topological polar surface area (TPSA) is 111 Å². The lowest BCUT2D eigenvalue weighted by Crippen LogP contribution is -2.16. The van der Waals surface area contributed by atoms with E-state index in [0.717, 1.165) is 6.07 Å². The van der Waals surface area contributed by atoms with Gasteiger partial charge in [0.25, 0.3) is 10.0 Å². The van der Waals surface area contributed by atoms with Gasteiger partial charge >= 0.3 is 5.97 Å². The van der Waals surface area contributed by atoms with Gasteiger partial charge in [-0.25, -0.2) is 13.2 Å². The fourth-order valence-electron chi connectivity index (χ4n) is 2.13. The van der Waals surface area contributed by atoms with E-state index < -0.39 is 16.0 Å². The van der Waals surface area contributed by atoms with E-state index in [-0.39, 0.29) is 16.2 Å². The summed E-state index contributed by atoms with van der Waals surface area (Å²) in [6.07, 6.45) is 0. The maximum absolute atomic E-state index is 12.6. The number of aromatic nitrogens is 2. The Balaban J connectivity index is 2.55. The molecule has 8 nitrogen and oxygen atoms in total. The highest BCUT2D eigenvalue weighted by Crippen LogP contribution is 2.29. The fourth-order valence-corrected chi connectivity index (χ4v) is 3.50. The van der Waals surface area contributed by atoms with E-state index in [2.05, 4.69) is 9.82 Å². The van der Waals surface area contributed by atoms with Crippen molar-refractivity contribution in [1.82, 2.24) is 9.78 Å². The second-order valence-corrected chi connectivity index (χ2v) is 6.60. The van der Waals surface area contributed by atoms with Gasteiger partial charge in [0.05, 0.1) is 29.7 Å². The number of aromatic carboxylic acids is 1. The first kappa shape index (κ1) is 16.8. The first-order chi connectivity index (χ1) is 10.7. The lowest BCUT2D eigenvalue weighted by molar-refractivity contribution is 0.0696. The van der Waals surface area contributed by atoms with Crippen LogP contribution in [0.5, 0.6) is 5.75 Å². The molecule has 0 aliphatic heterocycles. The normalized spacial score (nSPS) is 11.3. The minimum atomic E-state index is -4.04. The molecule has 2 N–H and O–H groups in total. The minimum Gasteiger partial charge on any atom is -0.495 e. The molecule has 23 heavy (non-hydrogen) atoms. The summed E-state index contributed by atoms with van der Waals surface area (Å²) in [5, 5.41) is 13.2. The molecule has 0 aliphatic carbocycles. The first-order valence-corrected chi connectivity index (χ1v) is 8.10. The van der Waals surface area contributed by atoms with Crippen LogP contribution in [0.15, 0.2) is 23.1 Å². The van der Waals surface area contributed by atoms with Crippen LogP contribution in [0.3, 0.4) is 0 Å². The van der Waals surface area contributed by atoms with Crippen LogP contribution in [-0.2, 0) is 17.1 Å². The Morgan fingerprint density at radius 2 is 2.00 bits per heavy atom. The molecular weight excluding hydrogens is 322 g/mol. The van der Waals surface area contributed by atoms with Gasteiger partial charge in [-0.15, -0.1) is 0 Å². The summed E-state index contributed by atoms with van der Waals surface area (Å²) in [5.41, 5.74) is 1.36. The second kappa shape index (κ2) is 5.92. The molecule has 0 amide bonds. The van der Waals surface area contributed by atoms with Crippen LogP contribution in [0.1, 0.15) is 21.7 Å². The van der Waals surface area contributed by atoms with Crippen molar-refractivity contribution in [3.05, 3.63) is 35.2 Å². The number of hydrogen-bond donors (Lipinski definition) is 2. The van der Waals surface area contributed by atoms with Gasteiger partial charge in [-0.05, 0) is 32.0 Å². The lowest BCUT2D eigenvalue weighted by atomic mass is 10.2. The van der Waals surface area contributed by atoms with E-state index >= 15 is 0 Å². The average Bonchev–Trinajstić information content (AvgIpc) is 2.72. The zero-order chi connectivity index (χ0) is 17.4. The van der Waals surface area contributed by atoms with Crippen LogP contribution in [0.25, 0.3) is 0 Å². The van der Waals surface area contributed by atoms with Gasteiger partial charge in [0, 0.05) is 7.05 Å². The van der Waals surface area contributed by atoms with Crippen molar-refractivity contribution in [2.45, 2.75) is 18.7 Å². The number of carboxylic acid groups (broad SMARTS) is 1. The number of carboxylic acids is 1. The smallest absolute Gasteiger partial charge is 0.335 e. The van der Waals surface area contributed by atoms with Crippen LogP contribution in [0.4, 0.5) is 5.69 Å². The molecule has 0 atom stereocenters. The number of nitrogens with one attached hydrogen (secondary N) is 1. The number of nitrogens with zero attached hydrogens (tertiary/aromatic N) is 2. The molecule has 2 aromatic rings. The molecule has 2 rings (SSSR count). The summed E-state index contributed by atoms with van der Waals surface area (Å²) in [6, 6.07) is 3.65. The number of aryl methyl sites for hydroxylation is 2. The molecule has 0 radical (unpaired) electrons. The highest BCUT2D eigenvalue weighted by molar-refractivity contribution is 7.92. The summed E-state index contributed by atoms with van der Waals surface area (Å²) >= 11 is 0. The Bertz CT molecular complexity index is 871. The van der Waals surface area contributed by atoms with Crippen molar-refractivity contribution in [1.29, 1.82) is 0 Å². The van der Waals surface area contributed by atoms with E-state index in [1.807, 2.05) is 0 Å². The molecule has 1 aromatic carbocycles. The van der Waals surface area contributed by atoms with Gasteiger partial charge in [0.2, 0.25) is 0 Å². The van der Waals surface area contributed by atoms with Crippen LogP contribution < -0.4 is 9.46 Å². The molecular formula is C14H17N3O5S. The zero-order valence-electron chi connectivity index (χ0n) is 13.1. The second-order valence-electron chi connectivity index (χ2n) is 4.95. The van der Waals surface area contributed by atoms with E-state index in [1.165, 1.54) is 19.2 Å². The van der Waals surface area contributed by atoms with Gasteiger partial charge in [-0.3, -0.25) is 9.40 Å². The fraction of sp³-hybridized carbons (Fsp3) is 0.286. The van der Waals surface area contributed by atoms with Gasteiger partial charge in [-0.1, -0.05) is 0 Å². The Morgan fingerprint density at radius 3 is 2.48 bits per heavy atom. The summed E-state index contributed by atoms with van der Waals surface area (Å²) < 4.78 is 34.3. The lowest BCUT2D eigenvalue weighted by Gasteiger charge is -2.12. The SMILES string of the molecule is COc1ccc(C(=O)O)cc1S(=O)(=O)Nc1c(C)nn(C)c1C. The third-order valence-electron chi connectivity index (χ3n) is 3.45. The monoisotopic (exact) mass is 339 g/mol. The third-order valence-corrected chi connectivity index (χ3v) is 4.82. The van der Waals surface area contributed by atoms with Crippen LogP contribution in [0, 0.1) is 13.8 Å². The summed E-state index contributed by atoms with van der Waals surface area (Å²) in [4.78, 5) is 10.8. The van der Waals surface area contributed by atoms with Crippen LogP contribution in [-0.4, -0.2) is 36.4 Å². The Kier molecular flexibility index (Phi) is 4.33. The molecule has 1 aromatic heterocycles. The first-order valence-electron chi connectivity index (χ1n) is 6.61. The van der Waals surface area contributed by atoms with Gasteiger partial charge < -0.3 is 9.84 Å². The number of hydrogen-bond acceptors (Lipinski definition) is 5. The molecule has 0 spiro atoms. The number of ether oxygens (including phenoxy) is 1. The van der Waals surface area contributed by atoms with Crippen molar-refractivity contribution in [2.24, 2.45) is 7.05 Å². The number of benzene rings is 1. The highest BCUT2D eigenvalue weighted by Gasteiger charge is 2.24. The Morgan fingerprint density at radius 1 is 1.35 bits per heavy atom. The minimum absolute atomic E-state index is 0.0571. The standard InChI is InChI=1S/C14H17N3O5S/c1-8-13(9(2)17(3)15-8)16-23(20,21)12-7-10(14(18)19)5-6-11(12)22-4/h5-7,16H,1-4H3,(H,18,19). The summed E-state index contributed by atoms with van der Waals surface area (Å²) in [6.45, 7) is 3.40. The van der Waals surface area contributed by atoms with E-state index in [4.69, 9.17) is 9.84 Å². The molecule has 0 bridgehead atoms. The van der Waals surface area contributed by atoms with Crippen LogP contribution in [0.2, 0.25) is 0 Å². The molecule has 0 saturated heterocycles. The largest absolute Gasteiger partial charge is 0.495 e. The van der Waals surface area contributed by atoms with Crippen molar-refractivity contribution >= 4 is 21.7 Å². The average molecular weight is 339 g/mol. The maximum atomic E-state index is 12.6. The molecule has 0 fully saturated rings. The van der Waals surface area contributed by atoms with E-state index in [9.17, 15) is 13.2 Å².